The molecular weight excluding hydrogens is 324 g/mol. The molecule has 0 atom stereocenters. The molecule has 8 nitrogen and oxygen atoms in total. The molecule has 0 fully saturated rings. The van der Waals surface area contributed by atoms with Crippen molar-refractivity contribution < 1.29 is 19.2 Å². The molecule has 0 unspecified atom stereocenters. The SMILES string of the molecule is O=C(ON1C(=O)c2ccccc2C1=O)c1ccc(-c2cn[nH]c2)cn1. The van der Waals surface area contributed by atoms with Crippen molar-refractivity contribution in [2.24, 2.45) is 0 Å². The largest absolute Gasteiger partial charge is 0.382 e. The molecule has 2 amide bonds. The number of aromatic amines is 1. The molecule has 4 rings (SSSR count). The number of imide groups is 1. The summed E-state index contributed by atoms with van der Waals surface area (Å²) in [7, 11) is 0. The molecule has 0 aliphatic carbocycles. The van der Waals surface area contributed by atoms with Crippen LogP contribution >= 0.6 is 0 Å². The number of rotatable bonds is 3. The van der Waals surface area contributed by atoms with E-state index in [1.165, 1.54) is 24.4 Å². The van der Waals surface area contributed by atoms with Gasteiger partial charge in [0.25, 0.3) is 11.8 Å². The Balaban J connectivity index is 1.53. The Bertz CT molecular complexity index is 945. The van der Waals surface area contributed by atoms with Crippen molar-refractivity contribution in [1.82, 2.24) is 20.2 Å². The van der Waals surface area contributed by atoms with Crippen molar-refractivity contribution in [3.63, 3.8) is 0 Å². The van der Waals surface area contributed by atoms with E-state index in [4.69, 9.17) is 4.84 Å². The highest BCUT2D eigenvalue weighted by Crippen LogP contribution is 2.23. The number of nitrogens with one attached hydrogen (secondary N) is 1. The zero-order chi connectivity index (χ0) is 17.4. The maximum absolute atomic E-state index is 12.2. The van der Waals surface area contributed by atoms with Gasteiger partial charge >= 0.3 is 5.97 Å². The second-order valence-electron chi connectivity index (χ2n) is 5.25. The van der Waals surface area contributed by atoms with Crippen molar-refractivity contribution in [2.45, 2.75) is 0 Å². The molecule has 1 N–H and O–H groups in total. The first-order valence-corrected chi connectivity index (χ1v) is 7.30. The lowest BCUT2D eigenvalue weighted by molar-refractivity contribution is -0.0588. The number of carbonyl (C=O) groups excluding carboxylic acids is 3. The number of hydroxylamine groups is 2. The smallest absolute Gasteiger partial charge is 0.323 e. The maximum Gasteiger partial charge on any atom is 0.382 e. The lowest BCUT2D eigenvalue weighted by atomic mass is 10.1. The summed E-state index contributed by atoms with van der Waals surface area (Å²) in [5.74, 6) is -2.25. The first-order chi connectivity index (χ1) is 12.1. The number of benzene rings is 1. The van der Waals surface area contributed by atoms with E-state index in [1.807, 2.05) is 0 Å². The van der Waals surface area contributed by atoms with Crippen LogP contribution in [-0.4, -0.2) is 38.0 Å². The molecule has 0 spiro atoms. The fourth-order valence-electron chi connectivity index (χ4n) is 2.47. The summed E-state index contributed by atoms with van der Waals surface area (Å²) in [4.78, 5) is 45.5. The number of aromatic nitrogens is 3. The number of nitrogens with zero attached hydrogens (tertiary/aromatic N) is 3. The van der Waals surface area contributed by atoms with Gasteiger partial charge in [0.05, 0.1) is 17.3 Å². The molecule has 8 heteroatoms. The Morgan fingerprint density at radius 1 is 0.960 bits per heavy atom. The molecule has 1 aliphatic rings. The standard InChI is InChI=1S/C17H10N4O4/c22-15-12-3-1-2-4-13(12)16(23)21(15)25-17(24)14-6-5-10(7-18-14)11-8-19-20-9-11/h1-9H,(H,19,20). The van der Waals surface area contributed by atoms with E-state index in [9.17, 15) is 14.4 Å². The third-order valence-corrected chi connectivity index (χ3v) is 3.74. The number of H-pyrrole nitrogens is 1. The molecule has 3 heterocycles. The van der Waals surface area contributed by atoms with E-state index in [2.05, 4.69) is 15.2 Å². The summed E-state index contributed by atoms with van der Waals surface area (Å²) in [6.45, 7) is 0. The highest BCUT2D eigenvalue weighted by Gasteiger charge is 2.38. The van der Waals surface area contributed by atoms with Gasteiger partial charge in [-0.25, -0.2) is 9.78 Å². The number of hydrogen-bond donors (Lipinski definition) is 1. The fraction of sp³-hybridized carbons (Fsp3) is 0. The molecule has 0 saturated heterocycles. The van der Waals surface area contributed by atoms with Crippen LogP contribution in [0.5, 0.6) is 0 Å². The molecule has 25 heavy (non-hydrogen) atoms. The van der Waals surface area contributed by atoms with Crippen LogP contribution in [0.2, 0.25) is 0 Å². The van der Waals surface area contributed by atoms with Crippen molar-refractivity contribution in [3.8, 4) is 11.1 Å². The molecule has 3 aromatic rings. The van der Waals surface area contributed by atoms with Crippen LogP contribution in [0.4, 0.5) is 0 Å². The van der Waals surface area contributed by atoms with Crippen LogP contribution in [0.15, 0.2) is 55.0 Å². The molecule has 1 aromatic carbocycles. The van der Waals surface area contributed by atoms with E-state index in [0.29, 0.717) is 5.06 Å². The molecule has 122 valence electrons. The Morgan fingerprint density at radius 3 is 2.24 bits per heavy atom. The molecule has 0 radical (unpaired) electrons. The molecular formula is C17H10N4O4. The topological polar surface area (TPSA) is 105 Å². The van der Waals surface area contributed by atoms with Crippen LogP contribution in [0.3, 0.4) is 0 Å². The van der Waals surface area contributed by atoms with Crippen LogP contribution < -0.4 is 0 Å². The minimum absolute atomic E-state index is 0.0243. The summed E-state index contributed by atoms with van der Waals surface area (Å²) in [6.07, 6.45) is 4.78. The summed E-state index contributed by atoms with van der Waals surface area (Å²) < 4.78 is 0. The zero-order valence-electron chi connectivity index (χ0n) is 12.7. The molecule has 2 aromatic heterocycles. The molecule has 0 saturated carbocycles. The van der Waals surface area contributed by atoms with Crippen molar-refractivity contribution in [1.29, 1.82) is 0 Å². The number of fused-ring (bicyclic) bond motifs is 1. The zero-order valence-corrected chi connectivity index (χ0v) is 12.7. The van der Waals surface area contributed by atoms with E-state index in [1.54, 1.807) is 30.6 Å². The van der Waals surface area contributed by atoms with Crippen LogP contribution in [0, 0.1) is 0 Å². The second kappa shape index (κ2) is 5.68. The Hall–Kier alpha value is -3.81. The van der Waals surface area contributed by atoms with E-state index < -0.39 is 17.8 Å². The Morgan fingerprint density at radius 2 is 1.68 bits per heavy atom. The maximum atomic E-state index is 12.2. The van der Waals surface area contributed by atoms with Crippen LogP contribution in [0.1, 0.15) is 31.2 Å². The van der Waals surface area contributed by atoms with Gasteiger partial charge in [-0.3, -0.25) is 14.7 Å². The summed E-state index contributed by atoms with van der Waals surface area (Å²) in [5, 5.41) is 6.97. The quantitative estimate of drug-likeness (QED) is 0.733. The van der Waals surface area contributed by atoms with Crippen LogP contribution in [0.25, 0.3) is 11.1 Å². The fourth-order valence-corrected chi connectivity index (χ4v) is 2.47. The summed E-state index contributed by atoms with van der Waals surface area (Å²) in [6, 6.07) is 9.37. The van der Waals surface area contributed by atoms with Crippen molar-refractivity contribution >= 4 is 17.8 Å². The predicted octanol–water partition coefficient (Wildman–Crippen LogP) is 1.84. The summed E-state index contributed by atoms with van der Waals surface area (Å²) in [5.41, 5.74) is 1.94. The molecule has 0 bridgehead atoms. The normalized spacial score (nSPS) is 13.0. The first kappa shape index (κ1) is 14.8. The third-order valence-electron chi connectivity index (χ3n) is 3.74. The van der Waals surface area contributed by atoms with Gasteiger partial charge in [-0.05, 0) is 18.2 Å². The Kier molecular flexibility index (Phi) is 3.35. The molecule has 1 aliphatic heterocycles. The number of pyridine rings is 1. The lowest BCUT2D eigenvalue weighted by Crippen LogP contribution is -2.32. The van der Waals surface area contributed by atoms with Gasteiger partial charge in [-0.2, -0.15) is 5.10 Å². The van der Waals surface area contributed by atoms with Gasteiger partial charge in [-0.1, -0.05) is 23.3 Å². The average molecular weight is 334 g/mol. The highest BCUT2D eigenvalue weighted by atomic mass is 16.7. The number of carbonyl (C=O) groups is 3. The lowest BCUT2D eigenvalue weighted by Gasteiger charge is -2.12. The second-order valence-corrected chi connectivity index (χ2v) is 5.25. The Labute approximate surface area is 141 Å². The summed E-state index contributed by atoms with van der Waals surface area (Å²) >= 11 is 0. The third kappa shape index (κ3) is 2.45. The average Bonchev–Trinajstić information content (AvgIpc) is 3.26. The highest BCUT2D eigenvalue weighted by molar-refractivity contribution is 6.21. The van der Waals surface area contributed by atoms with Crippen molar-refractivity contribution in [2.75, 3.05) is 0 Å². The van der Waals surface area contributed by atoms with Gasteiger partial charge in [0.15, 0.2) is 5.69 Å². The first-order valence-electron chi connectivity index (χ1n) is 7.30. The van der Waals surface area contributed by atoms with Gasteiger partial charge in [-0.15, -0.1) is 0 Å². The minimum Gasteiger partial charge on any atom is -0.323 e. The number of hydrogen-bond acceptors (Lipinski definition) is 6. The van der Waals surface area contributed by atoms with Gasteiger partial charge < -0.3 is 4.84 Å². The van der Waals surface area contributed by atoms with E-state index in [0.717, 1.165) is 11.1 Å². The van der Waals surface area contributed by atoms with Gasteiger partial charge in [0, 0.05) is 23.5 Å². The van der Waals surface area contributed by atoms with Gasteiger partial charge in [0.1, 0.15) is 0 Å². The predicted molar refractivity (Wildman–Crippen MR) is 84.2 cm³/mol. The van der Waals surface area contributed by atoms with Gasteiger partial charge in [0.2, 0.25) is 0 Å². The minimum atomic E-state index is -0.895. The van der Waals surface area contributed by atoms with Crippen LogP contribution in [-0.2, 0) is 4.84 Å². The monoisotopic (exact) mass is 334 g/mol. The van der Waals surface area contributed by atoms with E-state index in [-0.39, 0.29) is 16.8 Å². The number of amides is 2. The van der Waals surface area contributed by atoms with E-state index >= 15 is 0 Å². The van der Waals surface area contributed by atoms with Crippen molar-refractivity contribution in [3.05, 3.63) is 71.8 Å².